The highest BCUT2D eigenvalue weighted by atomic mass is 32.2. The predicted octanol–water partition coefficient (Wildman–Crippen LogP) is 0.825. The van der Waals surface area contributed by atoms with Gasteiger partial charge in [0.25, 0.3) is 0 Å². The van der Waals surface area contributed by atoms with Crippen molar-refractivity contribution in [3.8, 4) is 0 Å². The van der Waals surface area contributed by atoms with Gasteiger partial charge in [0.1, 0.15) is 11.6 Å². The van der Waals surface area contributed by atoms with Crippen LogP contribution in [0.4, 0.5) is 9.18 Å². The summed E-state index contributed by atoms with van der Waals surface area (Å²) in [4.78, 5) is 21.0. The number of sulfonamides is 1. The van der Waals surface area contributed by atoms with Crippen LogP contribution < -0.4 is 10.0 Å². The minimum Gasteiger partial charge on any atom is -0.342 e. The Bertz CT molecular complexity index is 837. The first-order valence-electron chi connectivity index (χ1n) is 7.92. The zero-order valence-electron chi connectivity index (χ0n) is 14.2. The van der Waals surface area contributed by atoms with E-state index < -0.39 is 10.0 Å². The molecular formula is C15H22FN5O3S. The van der Waals surface area contributed by atoms with Gasteiger partial charge in [-0.25, -0.2) is 27.3 Å². The third-order valence-corrected chi connectivity index (χ3v) is 5.10. The molecular weight excluding hydrogens is 349 g/mol. The molecule has 0 aliphatic carbocycles. The molecule has 2 aromatic rings. The minimum atomic E-state index is -3.35. The van der Waals surface area contributed by atoms with Crippen LogP contribution in [0, 0.1) is 5.82 Å². The minimum absolute atomic E-state index is 0.0302. The zero-order valence-corrected chi connectivity index (χ0v) is 15.0. The van der Waals surface area contributed by atoms with Crippen LogP contribution in [0.1, 0.15) is 12.7 Å². The molecule has 2 amide bonds. The van der Waals surface area contributed by atoms with Gasteiger partial charge in [0.15, 0.2) is 0 Å². The maximum Gasteiger partial charge on any atom is 0.317 e. The van der Waals surface area contributed by atoms with Gasteiger partial charge in [-0.1, -0.05) is 0 Å². The van der Waals surface area contributed by atoms with E-state index in [1.165, 1.54) is 19.2 Å². The fourth-order valence-electron chi connectivity index (χ4n) is 2.30. The number of aromatic nitrogens is 2. The second-order valence-electron chi connectivity index (χ2n) is 5.43. The van der Waals surface area contributed by atoms with Crippen LogP contribution in [0.15, 0.2) is 18.2 Å². The van der Waals surface area contributed by atoms with Gasteiger partial charge >= 0.3 is 6.03 Å². The first-order chi connectivity index (χ1) is 11.8. The normalized spacial score (nSPS) is 11.6. The molecule has 1 aromatic carbocycles. The summed E-state index contributed by atoms with van der Waals surface area (Å²) in [7, 11) is -2.02. The van der Waals surface area contributed by atoms with E-state index in [-0.39, 0.29) is 24.1 Å². The lowest BCUT2D eigenvalue weighted by atomic mass is 10.3. The summed E-state index contributed by atoms with van der Waals surface area (Å²) < 4.78 is 38.0. The molecule has 0 radical (unpaired) electrons. The number of carbonyl (C=O) groups excluding carboxylic acids is 1. The van der Waals surface area contributed by atoms with Crippen LogP contribution >= 0.6 is 0 Å². The molecule has 25 heavy (non-hydrogen) atoms. The van der Waals surface area contributed by atoms with Crippen molar-refractivity contribution in [3.63, 3.8) is 0 Å². The highest BCUT2D eigenvalue weighted by Crippen LogP contribution is 2.13. The second kappa shape index (κ2) is 8.26. The van der Waals surface area contributed by atoms with Gasteiger partial charge in [0, 0.05) is 26.1 Å². The molecule has 138 valence electrons. The highest BCUT2D eigenvalue weighted by molar-refractivity contribution is 7.89. The number of rotatable bonds is 8. The summed E-state index contributed by atoms with van der Waals surface area (Å²) >= 11 is 0. The number of hydrogen-bond donors (Lipinski definition) is 3. The Hall–Kier alpha value is -2.20. The molecule has 0 aliphatic rings. The molecule has 0 fully saturated rings. The van der Waals surface area contributed by atoms with E-state index in [1.807, 2.05) is 6.92 Å². The Morgan fingerprint density at radius 3 is 2.84 bits per heavy atom. The monoisotopic (exact) mass is 371 g/mol. The second-order valence-corrected chi connectivity index (χ2v) is 7.48. The van der Waals surface area contributed by atoms with E-state index in [0.717, 1.165) is 0 Å². The number of imidazole rings is 1. The van der Waals surface area contributed by atoms with Crippen LogP contribution in [0.3, 0.4) is 0 Å². The molecule has 0 atom stereocenters. The van der Waals surface area contributed by atoms with Crippen molar-refractivity contribution >= 4 is 27.1 Å². The average Bonchev–Trinajstić information content (AvgIpc) is 2.97. The third-order valence-electron chi connectivity index (χ3n) is 3.74. The van der Waals surface area contributed by atoms with Gasteiger partial charge in [0.2, 0.25) is 10.0 Å². The lowest BCUT2D eigenvalue weighted by molar-refractivity contribution is 0.201. The van der Waals surface area contributed by atoms with Gasteiger partial charge in [0.05, 0.1) is 16.8 Å². The molecule has 0 saturated carbocycles. The quantitative estimate of drug-likeness (QED) is 0.639. The van der Waals surface area contributed by atoms with Gasteiger partial charge in [-0.15, -0.1) is 0 Å². The fraction of sp³-hybridized carbons (Fsp3) is 0.467. The van der Waals surface area contributed by atoms with Crippen molar-refractivity contribution in [3.05, 3.63) is 29.8 Å². The summed E-state index contributed by atoms with van der Waals surface area (Å²) in [5, 5.41) is 2.58. The number of nitrogens with one attached hydrogen (secondary N) is 3. The molecule has 10 heteroatoms. The summed E-state index contributed by atoms with van der Waals surface area (Å²) in [5.74, 6) is 0.139. The largest absolute Gasteiger partial charge is 0.342 e. The van der Waals surface area contributed by atoms with Gasteiger partial charge < -0.3 is 15.2 Å². The predicted molar refractivity (Wildman–Crippen MR) is 93.2 cm³/mol. The number of halogens is 1. The van der Waals surface area contributed by atoms with E-state index in [1.54, 1.807) is 11.0 Å². The van der Waals surface area contributed by atoms with Crippen LogP contribution in [0.2, 0.25) is 0 Å². The number of carbonyl (C=O) groups is 1. The number of fused-ring (bicyclic) bond motifs is 1. The fourth-order valence-corrected chi connectivity index (χ4v) is 2.88. The molecule has 0 aliphatic heterocycles. The van der Waals surface area contributed by atoms with Gasteiger partial charge in [-0.3, -0.25) is 0 Å². The summed E-state index contributed by atoms with van der Waals surface area (Å²) in [5.41, 5.74) is 1.28. The summed E-state index contributed by atoms with van der Waals surface area (Å²) in [6.07, 6.45) is 0.479. The highest BCUT2D eigenvalue weighted by Gasteiger charge is 2.14. The Labute approximate surface area is 145 Å². The van der Waals surface area contributed by atoms with Crippen molar-refractivity contribution < 1.29 is 17.6 Å². The molecule has 0 saturated heterocycles. The average molecular weight is 371 g/mol. The molecule has 0 bridgehead atoms. The van der Waals surface area contributed by atoms with Crippen LogP contribution in [-0.4, -0.2) is 61.8 Å². The Kier molecular flexibility index (Phi) is 6.32. The maximum atomic E-state index is 13.2. The molecule has 2 rings (SSSR count). The van der Waals surface area contributed by atoms with Crippen molar-refractivity contribution in [2.24, 2.45) is 0 Å². The standard InChI is InChI=1S/C15H22FN5O3S/c1-3-21(15(22)18-7-9-25(23,24)17-2)8-6-14-19-12-5-4-11(16)10-13(12)20-14/h4-5,10,17H,3,6-9H2,1-2H3,(H,18,22)(H,19,20). The molecule has 0 unspecified atom stereocenters. The lowest BCUT2D eigenvalue weighted by Crippen LogP contribution is -2.43. The Morgan fingerprint density at radius 2 is 2.16 bits per heavy atom. The number of benzene rings is 1. The molecule has 8 nitrogen and oxygen atoms in total. The zero-order chi connectivity index (χ0) is 18.4. The SMILES string of the molecule is CCN(CCc1nc2ccc(F)cc2[nH]1)C(=O)NCCS(=O)(=O)NC. The Balaban J connectivity index is 1.88. The number of urea groups is 1. The van der Waals surface area contributed by atoms with Crippen molar-refractivity contribution in [1.29, 1.82) is 0 Å². The number of nitrogens with zero attached hydrogens (tertiary/aromatic N) is 2. The third kappa shape index (κ3) is 5.40. The van der Waals surface area contributed by atoms with Gasteiger partial charge in [-0.2, -0.15) is 0 Å². The summed E-state index contributed by atoms with van der Waals surface area (Å²) in [6, 6.07) is 3.98. The number of likely N-dealkylation sites (N-methyl/N-ethyl adjacent to an activating group) is 1. The van der Waals surface area contributed by atoms with E-state index in [0.29, 0.717) is 36.4 Å². The number of hydrogen-bond acceptors (Lipinski definition) is 4. The number of H-pyrrole nitrogens is 1. The van der Waals surface area contributed by atoms with Crippen LogP contribution in [0.25, 0.3) is 11.0 Å². The Morgan fingerprint density at radius 1 is 1.40 bits per heavy atom. The van der Waals surface area contributed by atoms with Crippen LogP contribution in [0.5, 0.6) is 0 Å². The number of aromatic amines is 1. The topological polar surface area (TPSA) is 107 Å². The van der Waals surface area contributed by atoms with Crippen LogP contribution in [-0.2, 0) is 16.4 Å². The van der Waals surface area contributed by atoms with Crippen molar-refractivity contribution in [2.45, 2.75) is 13.3 Å². The smallest absolute Gasteiger partial charge is 0.317 e. The van der Waals surface area contributed by atoms with E-state index in [4.69, 9.17) is 0 Å². The van der Waals surface area contributed by atoms with E-state index in [2.05, 4.69) is 20.0 Å². The van der Waals surface area contributed by atoms with E-state index in [9.17, 15) is 17.6 Å². The van der Waals surface area contributed by atoms with Gasteiger partial charge in [-0.05, 0) is 32.2 Å². The summed E-state index contributed by atoms with van der Waals surface area (Å²) in [6.45, 7) is 2.74. The first-order valence-corrected chi connectivity index (χ1v) is 9.58. The van der Waals surface area contributed by atoms with E-state index >= 15 is 0 Å². The first kappa shape index (κ1) is 19.1. The maximum absolute atomic E-state index is 13.2. The van der Waals surface area contributed by atoms with Crippen molar-refractivity contribution in [2.75, 3.05) is 32.4 Å². The molecule has 3 N–H and O–H groups in total. The lowest BCUT2D eigenvalue weighted by Gasteiger charge is -2.20. The molecule has 0 spiro atoms. The molecule has 1 heterocycles. The van der Waals surface area contributed by atoms with Crippen molar-refractivity contribution in [1.82, 2.24) is 24.9 Å². The molecule has 1 aromatic heterocycles. The number of amides is 2.